The number of carbonyl (C=O) groups excluding carboxylic acids is 1. The highest BCUT2D eigenvalue weighted by Crippen LogP contribution is 2.34. The number of methoxy groups -OCH3 is 1. The molecule has 0 saturated heterocycles. The van der Waals surface area contributed by atoms with E-state index in [1.54, 1.807) is 31.4 Å². The van der Waals surface area contributed by atoms with Crippen LogP contribution < -0.4 is 25.1 Å². The zero-order chi connectivity index (χ0) is 23.7. The average molecular weight is 476 g/mol. The third kappa shape index (κ3) is 4.25. The van der Waals surface area contributed by atoms with Gasteiger partial charge in [-0.15, -0.1) is 0 Å². The first-order chi connectivity index (χ1) is 16.5. The molecule has 1 aliphatic heterocycles. The second-order valence-corrected chi connectivity index (χ2v) is 8.19. The number of ether oxygens (including phenoxy) is 3. The van der Waals surface area contributed by atoms with Crippen molar-refractivity contribution in [3.8, 4) is 17.2 Å². The maximum Gasteiger partial charge on any atom is 0.262 e. The minimum atomic E-state index is -0.224. The molecule has 5 rings (SSSR count). The predicted molar refractivity (Wildman–Crippen MR) is 129 cm³/mol. The van der Waals surface area contributed by atoms with Crippen LogP contribution in [0.15, 0.2) is 65.5 Å². The summed E-state index contributed by atoms with van der Waals surface area (Å²) in [6.07, 6.45) is 0. The molecule has 0 bridgehead atoms. The van der Waals surface area contributed by atoms with Gasteiger partial charge in [-0.2, -0.15) is 0 Å². The molecule has 34 heavy (non-hydrogen) atoms. The van der Waals surface area contributed by atoms with Gasteiger partial charge in [-0.1, -0.05) is 24.3 Å². The van der Waals surface area contributed by atoms with Crippen LogP contribution >= 0.6 is 12.2 Å². The lowest BCUT2D eigenvalue weighted by molar-refractivity contribution is 0.0951. The number of aromatic nitrogens is 2. The van der Waals surface area contributed by atoms with E-state index in [9.17, 15) is 9.59 Å². The SMILES string of the molecule is COc1ccc(CNC(=O)c2ccc(Cn3c(=S)[nH]c4cc5c(cc4c3=O)OCO5)cc2)cc1. The molecule has 172 valence electrons. The fraction of sp³-hybridized carbons (Fsp3) is 0.160. The van der Waals surface area contributed by atoms with E-state index in [-0.39, 0.29) is 24.8 Å². The van der Waals surface area contributed by atoms with Crippen LogP contribution in [0.2, 0.25) is 0 Å². The topological polar surface area (TPSA) is 94.6 Å². The summed E-state index contributed by atoms with van der Waals surface area (Å²) in [5.41, 5.74) is 2.71. The highest BCUT2D eigenvalue weighted by atomic mass is 32.1. The molecule has 0 aliphatic carbocycles. The molecular weight excluding hydrogens is 454 g/mol. The highest BCUT2D eigenvalue weighted by molar-refractivity contribution is 7.71. The van der Waals surface area contributed by atoms with E-state index in [2.05, 4.69) is 10.3 Å². The third-order valence-corrected chi connectivity index (χ3v) is 5.97. The number of nitrogens with one attached hydrogen (secondary N) is 2. The molecule has 0 fully saturated rings. The minimum absolute atomic E-state index is 0.126. The summed E-state index contributed by atoms with van der Waals surface area (Å²) in [5, 5.41) is 3.37. The number of amides is 1. The molecule has 1 aromatic heterocycles. The van der Waals surface area contributed by atoms with E-state index in [1.165, 1.54) is 4.57 Å². The number of benzene rings is 3. The van der Waals surface area contributed by atoms with Gasteiger partial charge in [-0.05, 0) is 53.7 Å². The van der Waals surface area contributed by atoms with Gasteiger partial charge in [0.25, 0.3) is 11.5 Å². The van der Waals surface area contributed by atoms with E-state index < -0.39 is 0 Å². The predicted octanol–water partition coefficient (Wildman–Crippen LogP) is 3.77. The van der Waals surface area contributed by atoms with Gasteiger partial charge in [0.15, 0.2) is 16.3 Å². The van der Waals surface area contributed by atoms with Crippen molar-refractivity contribution in [1.82, 2.24) is 14.9 Å². The normalized spacial score (nSPS) is 12.0. The molecule has 0 saturated carbocycles. The Morgan fingerprint density at radius 2 is 1.74 bits per heavy atom. The zero-order valence-corrected chi connectivity index (χ0v) is 19.1. The largest absolute Gasteiger partial charge is 0.497 e. The summed E-state index contributed by atoms with van der Waals surface area (Å²) < 4.78 is 17.7. The van der Waals surface area contributed by atoms with Crippen molar-refractivity contribution in [3.05, 3.63) is 92.5 Å². The first-order valence-electron chi connectivity index (χ1n) is 10.6. The third-order valence-electron chi connectivity index (χ3n) is 5.64. The van der Waals surface area contributed by atoms with Crippen molar-refractivity contribution in [1.29, 1.82) is 0 Å². The smallest absolute Gasteiger partial charge is 0.262 e. The van der Waals surface area contributed by atoms with E-state index >= 15 is 0 Å². The van der Waals surface area contributed by atoms with Crippen molar-refractivity contribution in [2.45, 2.75) is 13.1 Å². The summed E-state index contributed by atoms with van der Waals surface area (Å²) in [4.78, 5) is 28.7. The lowest BCUT2D eigenvalue weighted by Gasteiger charge is -2.10. The quantitative estimate of drug-likeness (QED) is 0.412. The maximum absolute atomic E-state index is 13.1. The Morgan fingerprint density at radius 1 is 1.06 bits per heavy atom. The Bertz CT molecular complexity index is 1490. The number of carbonyl (C=O) groups is 1. The molecule has 4 aromatic rings. The fourth-order valence-corrected chi connectivity index (χ4v) is 4.02. The van der Waals surface area contributed by atoms with Crippen LogP contribution in [-0.4, -0.2) is 29.4 Å². The zero-order valence-electron chi connectivity index (χ0n) is 18.3. The van der Waals surface area contributed by atoms with Crippen LogP contribution in [0.1, 0.15) is 21.5 Å². The average Bonchev–Trinajstić information content (AvgIpc) is 3.32. The molecule has 2 N–H and O–H groups in total. The van der Waals surface area contributed by atoms with Crippen molar-refractivity contribution in [2.75, 3.05) is 13.9 Å². The van der Waals surface area contributed by atoms with Gasteiger partial charge in [0.1, 0.15) is 5.75 Å². The van der Waals surface area contributed by atoms with Crippen LogP contribution in [0, 0.1) is 4.77 Å². The van der Waals surface area contributed by atoms with Crippen LogP contribution in [-0.2, 0) is 13.1 Å². The van der Waals surface area contributed by atoms with Gasteiger partial charge in [0.2, 0.25) is 6.79 Å². The Labute approximate surface area is 199 Å². The molecule has 1 amide bonds. The molecular formula is C25H21N3O5S. The van der Waals surface area contributed by atoms with Gasteiger partial charge in [0.05, 0.1) is 24.6 Å². The monoisotopic (exact) mass is 475 g/mol. The highest BCUT2D eigenvalue weighted by Gasteiger charge is 2.17. The van der Waals surface area contributed by atoms with Gasteiger partial charge in [-0.25, -0.2) is 0 Å². The van der Waals surface area contributed by atoms with Gasteiger partial charge >= 0.3 is 0 Å². The summed E-state index contributed by atoms with van der Waals surface area (Å²) in [6.45, 7) is 0.803. The summed E-state index contributed by atoms with van der Waals surface area (Å²) in [6, 6.07) is 18.0. The van der Waals surface area contributed by atoms with Crippen molar-refractivity contribution < 1.29 is 19.0 Å². The van der Waals surface area contributed by atoms with Gasteiger partial charge in [-0.3, -0.25) is 14.2 Å². The molecule has 0 atom stereocenters. The molecule has 8 nitrogen and oxygen atoms in total. The molecule has 9 heteroatoms. The molecule has 3 aromatic carbocycles. The number of aromatic amines is 1. The van der Waals surface area contributed by atoms with E-state index in [1.807, 2.05) is 36.4 Å². The van der Waals surface area contributed by atoms with E-state index in [0.717, 1.165) is 16.9 Å². The lowest BCUT2D eigenvalue weighted by Crippen LogP contribution is -2.23. The Hall–Kier alpha value is -4.11. The first-order valence-corrected chi connectivity index (χ1v) is 11.0. The second kappa shape index (κ2) is 9.03. The number of hydrogen-bond acceptors (Lipinski definition) is 6. The lowest BCUT2D eigenvalue weighted by atomic mass is 10.1. The van der Waals surface area contributed by atoms with Crippen LogP contribution in [0.3, 0.4) is 0 Å². The van der Waals surface area contributed by atoms with Crippen molar-refractivity contribution in [2.24, 2.45) is 0 Å². The van der Waals surface area contributed by atoms with Gasteiger partial charge < -0.3 is 24.5 Å². The molecule has 1 aliphatic rings. The van der Waals surface area contributed by atoms with E-state index in [4.69, 9.17) is 26.4 Å². The number of nitrogens with zero attached hydrogens (tertiary/aromatic N) is 1. The van der Waals surface area contributed by atoms with Crippen molar-refractivity contribution in [3.63, 3.8) is 0 Å². The number of H-pyrrole nitrogens is 1. The summed E-state index contributed by atoms with van der Waals surface area (Å²) >= 11 is 5.42. The Balaban J connectivity index is 1.31. The van der Waals surface area contributed by atoms with Crippen LogP contribution in [0.4, 0.5) is 0 Å². The maximum atomic E-state index is 13.1. The molecule has 0 radical (unpaired) electrons. The number of hydrogen-bond donors (Lipinski definition) is 2. The minimum Gasteiger partial charge on any atom is -0.497 e. The first kappa shape index (κ1) is 21.7. The second-order valence-electron chi connectivity index (χ2n) is 7.80. The molecule has 2 heterocycles. The number of fused-ring (bicyclic) bond motifs is 2. The van der Waals surface area contributed by atoms with E-state index in [0.29, 0.717) is 39.3 Å². The standard InChI is InChI=1S/C25H21N3O5S/c1-31-18-8-4-15(5-9-18)12-26-23(29)17-6-2-16(3-7-17)13-28-24(30)19-10-21-22(33-14-32-21)11-20(19)27-25(28)34/h2-11H,12-14H2,1H3,(H,26,29)(H,27,34). The van der Waals surface area contributed by atoms with Crippen LogP contribution in [0.5, 0.6) is 17.2 Å². The Morgan fingerprint density at radius 3 is 2.44 bits per heavy atom. The number of rotatable bonds is 6. The molecule has 0 spiro atoms. The summed E-state index contributed by atoms with van der Waals surface area (Å²) in [7, 11) is 1.61. The van der Waals surface area contributed by atoms with Gasteiger partial charge in [0, 0.05) is 18.2 Å². The molecule has 0 unspecified atom stereocenters. The Kier molecular flexibility index (Phi) is 5.77. The van der Waals surface area contributed by atoms with Crippen LogP contribution in [0.25, 0.3) is 10.9 Å². The fourth-order valence-electron chi connectivity index (χ4n) is 3.76. The van der Waals surface area contributed by atoms with Crippen molar-refractivity contribution >= 4 is 29.0 Å². The summed E-state index contributed by atoms with van der Waals surface area (Å²) in [5.74, 6) is 1.70.